The number of nitrogens with one attached hydrogen (secondary N) is 4. The second-order valence-electron chi connectivity index (χ2n) is 15.4. The van der Waals surface area contributed by atoms with Crippen LogP contribution in [0.15, 0.2) is 0 Å². The van der Waals surface area contributed by atoms with Crippen molar-refractivity contribution in [1.82, 2.24) is 26.2 Å². The van der Waals surface area contributed by atoms with Crippen molar-refractivity contribution in [2.45, 2.75) is 152 Å². The van der Waals surface area contributed by atoms with Gasteiger partial charge in [-0.3, -0.25) is 33.7 Å². The van der Waals surface area contributed by atoms with Gasteiger partial charge in [0.25, 0.3) is 0 Å². The van der Waals surface area contributed by atoms with Crippen LogP contribution in [0.1, 0.15) is 117 Å². The number of rotatable bonds is 26. The van der Waals surface area contributed by atoms with Crippen LogP contribution in [0.4, 0.5) is 0 Å². The van der Waals surface area contributed by atoms with Crippen molar-refractivity contribution in [3.8, 4) is 0 Å². The summed E-state index contributed by atoms with van der Waals surface area (Å²) in [6, 6.07) is -0.785. The topological polar surface area (TPSA) is 224 Å². The summed E-state index contributed by atoms with van der Waals surface area (Å²) in [5, 5.41) is 41.2. The van der Waals surface area contributed by atoms with Crippen molar-refractivity contribution in [3.05, 3.63) is 4.58 Å². The molecule has 3 rings (SSSR count). The summed E-state index contributed by atoms with van der Waals surface area (Å²) in [6.07, 6.45) is 8.06. The molecule has 3 aliphatic rings. The fourth-order valence-corrected chi connectivity index (χ4v) is 9.90. The molecule has 2 aliphatic heterocycles. The quantitative estimate of drug-likeness (QED) is 0.0271. The molecule has 3 fully saturated rings. The summed E-state index contributed by atoms with van der Waals surface area (Å²) >= 11 is 7.00. The van der Waals surface area contributed by atoms with Gasteiger partial charge >= 0.3 is 0 Å². The molecule has 0 spiro atoms. The maximum Gasteiger partial charge on any atom is 0.240 e. The van der Waals surface area contributed by atoms with Gasteiger partial charge in [-0.05, 0) is 75.9 Å². The van der Waals surface area contributed by atoms with Crippen LogP contribution in [0.2, 0.25) is 0 Å². The van der Waals surface area contributed by atoms with Gasteiger partial charge in [-0.1, -0.05) is 19.3 Å². The molecule has 0 aromatic heterocycles. The van der Waals surface area contributed by atoms with Crippen molar-refractivity contribution in [1.29, 1.82) is 0 Å². The Morgan fingerprint density at radius 1 is 0.845 bits per heavy atom. The number of thiol groups is 1. The number of hydrogen-bond donors (Lipinski definition) is 8. The Morgan fingerprint density at radius 2 is 1.41 bits per heavy atom. The van der Waals surface area contributed by atoms with E-state index in [2.05, 4.69) is 33.9 Å². The molecule has 58 heavy (non-hydrogen) atoms. The first kappa shape index (κ1) is 53.2. The van der Waals surface area contributed by atoms with E-state index in [-0.39, 0.29) is 91.7 Å². The Kier molecular flexibility index (Phi) is 26.9. The number of likely N-dealkylation sites (tertiary alicyclic amines) is 1. The number of hydrogen-bond acceptors (Lipinski definition) is 13. The van der Waals surface area contributed by atoms with Gasteiger partial charge in [0.15, 0.2) is 0 Å². The molecule has 0 aromatic rings. The van der Waals surface area contributed by atoms with Crippen molar-refractivity contribution in [3.63, 3.8) is 0 Å². The Morgan fingerprint density at radius 3 is 1.97 bits per heavy atom. The molecular weight excluding hydrogens is 884 g/mol. The molecule has 6 atom stereocenters. The maximum atomic E-state index is 12.7. The van der Waals surface area contributed by atoms with Crippen LogP contribution >= 0.6 is 36.2 Å². The molecule has 0 bridgehead atoms. The fourth-order valence-electron chi connectivity index (χ4n) is 7.39. The summed E-state index contributed by atoms with van der Waals surface area (Å²) < 4.78 is 6.50. The molecule has 7 N–H and O–H groups in total. The summed E-state index contributed by atoms with van der Waals surface area (Å²) in [5.41, 5.74) is -0.600. The first-order valence-corrected chi connectivity index (χ1v) is 23.0. The van der Waals surface area contributed by atoms with Crippen LogP contribution in [0.5, 0.6) is 0 Å². The standard InChI is InChI=1S/C39H66N5O10S3.Y/c1-25(46)43-34-36(51)35(50)29(24-45)54-39(34)56-21-11-5-10-19-41-32(48)12-6-3-8-18-40-31(47)13-7-4-9-20-42-37(52)28-16-14-27(15-17-28)23-44-33(49)22-30(38(44)53)57-26(2)55;/h27-30,34-36,39,45,50-51,55H,3-24H2,1-2H3,(H,40,47)(H,41,48)(H,42,52)(H,43,46);/q-1;/t27?,28?,29?,30?,34?,35-,36+,39-;/m0./s1. The number of unbranched alkanes of at least 4 members (excludes halogenated alkanes) is 6. The van der Waals surface area contributed by atoms with E-state index in [1.807, 2.05) is 6.92 Å². The van der Waals surface area contributed by atoms with Crippen LogP contribution in [0.3, 0.4) is 0 Å². The number of nitrogens with zero attached hydrogens (tertiary/aromatic N) is 1. The monoisotopic (exact) mass is 949 g/mol. The number of aliphatic hydroxyl groups is 3. The van der Waals surface area contributed by atoms with Gasteiger partial charge in [-0.2, -0.15) is 6.92 Å². The Hall–Kier alpha value is -0.986. The van der Waals surface area contributed by atoms with E-state index in [4.69, 9.17) is 4.74 Å². The van der Waals surface area contributed by atoms with Crippen molar-refractivity contribution >= 4 is 71.6 Å². The number of thioether (sulfide) groups is 2. The molecule has 19 heteroatoms. The summed E-state index contributed by atoms with van der Waals surface area (Å²) in [4.78, 5) is 75.2. The minimum absolute atomic E-state index is 0. The summed E-state index contributed by atoms with van der Waals surface area (Å²) in [6.45, 7) is 4.87. The van der Waals surface area contributed by atoms with Crippen LogP contribution in [0, 0.1) is 16.4 Å². The number of ether oxygens (including phenoxy) is 1. The zero-order valence-electron chi connectivity index (χ0n) is 34.2. The van der Waals surface area contributed by atoms with Gasteiger partial charge < -0.3 is 65.7 Å². The third kappa shape index (κ3) is 19.4. The second kappa shape index (κ2) is 29.3. The molecule has 2 heterocycles. The minimum atomic E-state index is -1.29. The van der Waals surface area contributed by atoms with Crippen molar-refractivity contribution < 1.29 is 81.5 Å². The third-order valence-electron chi connectivity index (χ3n) is 10.6. The van der Waals surface area contributed by atoms with E-state index in [0.717, 1.165) is 88.1 Å². The molecule has 2 saturated heterocycles. The van der Waals surface area contributed by atoms with Crippen LogP contribution in [-0.2, 0) is 66.2 Å². The van der Waals surface area contributed by atoms with E-state index in [9.17, 15) is 44.1 Å². The predicted molar refractivity (Wildman–Crippen MR) is 224 cm³/mol. The molecule has 6 amide bonds. The third-order valence-corrected chi connectivity index (χ3v) is 13.2. The molecule has 1 aliphatic carbocycles. The average Bonchev–Trinajstić information content (AvgIpc) is 3.43. The van der Waals surface area contributed by atoms with Crippen molar-refractivity contribution in [2.24, 2.45) is 11.8 Å². The molecule has 1 radical (unpaired) electrons. The van der Waals surface area contributed by atoms with Gasteiger partial charge in [0, 0.05) is 91.0 Å². The smallest absolute Gasteiger partial charge is 0.240 e. The van der Waals surface area contributed by atoms with Crippen LogP contribution in [0.25, 0.3) is 0 Å². The van der Waals surface area contributed by atoms with Crippen LogP contribution in [-0.4, -0.2) is 129 Å². The Balaban J connectivity index is 0.0000116. The molecule has 3 unspecified atom stereocenters. The number of aliphatic hydroxyl groups excluding tert-OH is 3. The first-order valence-electron chi connectivity index (χ1n) is 20.7. The predicted octanol–water partition coefficient (Wildman–Crippen LogP) is 2.41. The van der Waals surface area contributed by atoms with Crippen LogP contribution < -0.4 is 21.3 Å². The molecule has 15 nitrogen and oxygen atoms in total. The van der Waals surface area contributed by atoms with E-state index >= 15 is 0 Å². The largest absolute Gasteiger partial charge is 0.394 e. The second-order valence-corrected chi connectivity index (χ2v) is 19.0. The average molecular weight is 950 g/mol. The van der Waals surface area contributed by atoms with E-state index in [1.54, 1.807) is 0 Å². The Labute approximate surface area is 383 Å². The van der Waals surface area contributed by atoms with Gasteiger partial charge in [0.2, 0.25) is 35.4 Å². The van der Waals surface area contributed by atoms with Gasteiger partial charge in [-0.25, -0.2) is 4.58 Å². The van der Waals surface area contributed by atoms with E-state index < -0.39 is 36.4 Å². The SMILES string of the molecule is CC(=O)NC1[C@@H](O)[C@@H](O)C(CO)O[C@H]1SCCCCCNC(=O)CCCCCNC(=O)CCCCCNC(=O)C1CCC(CN2C(=O)CC(S[C-](C)S)C2=O)CC1.[Y]. The summed E-state index contributed by atoms with van der Waals surface area (Å²) in [5.74, 6) is 0.354. The normalized spacial score (nSPS) is 25.9. The van der Waals surface area contributed by atoms with Crippen molar-refractivity contribution in [2.75, 3.05) is 38.5 Å². The van der Waals surface area contributed by atoms with E-state index in [1.165, 1.54) is 35.3 Å². The van der Waals surface area contributed by atoms with Gasteiger partial charge in [0.1, 0.15) is 23.7 Å². The summed E-state index contributed by atoms with van der Waals surface area (Å²) in [7, 11) is 0. The first-order chi connectivity index (χ1) is 27.3. The number of amides is 6. The maximum absolute atomic E-state index is 12.7. The number of carbonyl (C=O) groups is 6. The van der Waals surface area contributed by atoms with Gasteiger partial charge in [-0.15, -0.1) is 11.8 Å². The zero-order valence-corrected chi connectivity index (χ0v) is 39.5. The minimum Gasteiger partial charge on any atom is -0.394 e. The molecular formula is C39H66N5O10S3Y-. The Bertz CT molecular complexity index is 1300. The molecule has 329 valence electrons. The number of imide groups is 1. The zero-order chi connectivity index (χ0) is 41.7. The molecule has 0 aromatic carbocycles. The number of carbonyl (C=O) groups excluding carboxylic acids is 6. The molecule has 1 saturated carbocycles. The fraction of sp³-hybridized carbons (Fsp3) is 0.821. The van der Waals surface area contributed by atoms with Gasteiger partial charge in [0.05, 0.1) is 17.9 Å². The van der Waals surface area contributed by atoms with E-state index in [0.29, 0.717) is 44.8 Å².